The molecule has 0 saturated carbocycles. The second-order valence-corrected chi connectivity index (χ2v) is 8.17. The first-order valence-electron chi connectivity index (χ1n) is 9.93. The van der Waals surface area contributed by atoms with E-state index in [0.717, 1.165) is 62.1 Å². The Balaban J connectivity index is 1.31. The zero-order chi connectivity index (χ0) is 18.6. The van der Waals surface area contributed by atoms with Crippen molar-refractivity contribution in [3.05, 3.63) is 35.0 Å². The Morgan fingerprint density at radius 1 is 1.15 bits per heavy atom. The van der Waals surface area contributed by atoms with Gasteiger partial charge in [0.05, 0.1) is 6.54 Å². The molecule has 2 aromatic rings. The van der Waals surface area contributed by atoms with Gasteiger partial charge < -0.3 is 10.2 Å². The quantitative estimate of drug-likeness (QED) is 0.628. The van der Waals surface area contributed by atoms with E-state index in [1.54, 1.807) is 11.8 Å². The molecule has 3 heterocycles. The highest BCUT2D eigenvalue weighted by atomic mass is 32.2. The molecule has 1 saturated heterocycles. The van der Waals surface area contributed by atoms with Crippen LogP contribution in [0, 0.1) is 6.92 Å². The number of aromatic nitrogens is 4. The maximum absolute atomic E-state index is 4.84. The second kappa shape index (κ2) is 8.52. The predicted molar refractivity (Wildman–Crippen MR) is 109 cm³/mol. The van der Waals surface area contributed by atoms with Gasteiger partial charge in [0.2, 0.25) is 0 Å². The summed E-state index contributed by atoms with van der Waals surface area (Å²) in [4.78, 5) is 20.8. The molecular formula is C20H28N6S. The number of thioether (sulfide) groups is 1. The molecule has 0 radical (unpaired) electrons. The molecular weight excluding hydrogens is 356 g/mol. The Bertz CT molecular complexity index is 788. The van der Waals surface area contributed by atoms with Crippen LogP contribution in [0.3, 0.4) is 0 Å². The zero-order valence-electron chi connectivity index (χ0n) is 16.2. The molecule has 1 aliphatic heterocycles. The van der Waals surface area contributed by atoms with Crippen molar-refractivity contribution < 1.29 is 0 Å². The van der Waals surface area contributed by atoms with E-state index in [4.69, 9.17) is 9.97 Å². The lowest BCUT2D eigenvalue weighted by Crippen LogP contribution is -2.42. The molecule has 27 heavy (non-hydrogen) atoms. The molecule has 1 aliphatic carbocycles. The molecule has 2 aliphatic rings. The minimum atomic E-state index is 0.517. The Labute approximate surface area is 165 Å². The molecule has 1 fully saturated rings. The lowest BCUT2D eigenvalue weighted by atomic mass is 9.95. The molecule has 0 atom stereocenters. The van der Waals surface area contributed by atoms with Crippen LogP contribution in [0.5, 0.6) is 0 Å². The Morgan fingerprint density at radius 3 is 2.78 bits per heavy atom. The van der Waals surface area contributed by atoms with Gasteiger partial charge in [-0.1, -0.05) is 11.8 Å². The first kappa shape index (κ1) is 18.6. The third kappa shape index (κ3) is 4.41. The number of aryl methyl sites for hydroxylation is 2. The van der Waals surface area contributed by atoms with E-state index in [0.29, 0.717) is 6.04 Å². The van der Waals surface area contributed by atoms with Crippen LogP contribution in [-0.2, 0) is 19.4 Å². The summed E-state index contributed by atoms with van der Waals surface area (Å²) in [6.45, 7) is 4.94. The van der Waals surface area contributed by atoms with E-state index in [9.17, 15) is 0 Å². The van der Waals surface area contributed by atoms with Crippen LogP contribution in [0.15, 0.2) is 17.4 Å². The van der Waals surface area contributed by atoms with Gasteiger partial charge in [-0.05, 0) is 63.3 Å². The normalized spacial score (nSPS) is 17.8. The summed E-state index contributed by atoms with van der Waals surface area (Å²) >= 11 is 1.59. The maximum Gasteiger partial charge on any atom is 0.189 e. The van der Waals surface area contributed by atoms with Gasteiger partial charge in [-0.25, -0.2) is 19.9 Å². The number of rotatable bonds is 5. The van der Waals surface area contributed by atoms with Gasteiger partial charge in [0.15, 0.2) is 5.16 Å². The van der Waals surface area contributed by atoms with Crippen molar-refractivity contribution in [1.82, 2.24) is 25.3 Å². The van der Waals surface area contributed by atoms with E-state index in [1.165, 1.54) is 29.8 Å². The van der Waals surface area contributed by atoms with Gasteiger partial charge in [-0.2, -0.15) is 0 Å². The molecule has 0 amide bonds. The van der Waals surface area contributed by atoms with Crippen LogP contribution in [0.1, 0.15) is 48.5 Å². The van der Waals surface area contributed by atoms with Crippen molar-refractivity contribution in [2.45, 2.75) is 63.2 Å². The molecule has 6 nitrogen and oxygen atoms in total. The smallest absolute Gasteiger partial charge is 0.189 e. The Morgan fingerprint density at radius 2 is 1.96 bits per heavy atom. The van der Waals surface area contributed by atoms with E-state index in [2.05, 4.69) is 27.1 Å². The molecule has 4 rings (SSSR count). The van der Waals surface area contributed by atoms with E-state index in [-0.39, 0.29) is 0 Å². The molecule has 7 heteroatoms. The first-order valence-corrected chi connectivity index (χ1v) is 11.2. The topological polar surface area (TPSA) is 66.8 Å². The number of hydrogen-bond acceptors (Lipinski definition) is 7. The fourth-order valence-corrected chi connectivity index (χ4v) is 4.43. The van der Waals surface area contributed by atoms with Crippen LogP contribution < -0.4 is 10.2 Å². The lowest BCUT2D eigenvalue weighted by molar-refractivity contribution is 0.407. The van der Waals surface area contributed by atoms with Crippen molar-refractivity contribution in [2.75, 3.05) is 24.2 Å². The van der Waals surface area contributed by atoms with E-state index in [1.807, 2.05) is 18.5 Å². The molecule has 1 N–H and O–H groups in total. The molecule has 0 spiro atoms. The van der Waals surface area contributed by atoms with Gasteiger partial charge in [0.25, 0.3) is 0 Å². The van der Waals surface area contributed by atoms with E-state index >= 15 is 0 Å². The highest BCUT2D eigenvalue weighted by Crippen LogP contribution is 2.22. The summed E-state index contributed by atoms with van der Waals surface area (Å²) in [5, 5.41) is 4.52. The average Bonchev–Trinajstić information content (AvgIpc) is 2.73. The van der Waals surface area contributed by atoms with Gasteiger partial charge in [-0.3, -0.25) is 0 Å². The van der Waals surface area contributed by atoms with Crippen molar-refractivity contribution in [3.63, 3.8) is 0 Å². The Kier molecular flexibility index (Phi) is 5.88. The van der Waals surface area contributed by atoms with Crippen molar-refractivity contribution in [1.29, 1.82) is 0 Å². The SMILES string of the molecule is CSc1nccc(N2CCC(NCc3nc(C)c4c(n3)CCCC4)CC2)n1. The molecule has 0 bridgehead atoms. The average molecular weight is 385 g/mol. The summed E-state index contributed by atoms with van der Waals surface area (Å²) in [6.07, 6.45) is 10.9. The van der Waals surface area contributed by atoms with Crippen LogP contribution >= 0.6 is 11.8 Å². The van der Waals surface area contributed by atoms with Crippen LogP contribution in [0.25, 0.3) is 0 Å². The second-order valence-electron chi connectivity index (χ2n) is 7.40. The minimum Gasteiger partial charge on any atom is -0.356 e. The van der Waals surface area contributed by atoms with Crippen molar-refractivity contribution in [3.8, 4) is 0 Å². The lowest BCUT2D eigenvalue weighted by Gasteiger charge is -2.33. The molecule has 0 aromatic carbocycles. The van der Waals surface area contributed by atoms with Gasteiger partial charge in [0.1, 0.15) is 11.6 Å². The zero-order valence-corrected chi connectivity index (χ0v) is 17.1. The van der Waals surface area contributed by atoms with Gasteiger partial charge >= 0.3 is 0 Å². The molecule has 0 unspecified atom stereocenters. The Hall–Kier alpha value is -1.73. The van der Waals surface area contributed by atoms with Crippen LogP contribution in [0.4, 0.5) is 5.82 Å². The number of nitrogens with one attached hydrogen (secondary N) is 1. The summed E-state index contributed by atoms with van der Waals surface area (Å²) in [6, 6.07) is 2.53. The standard InChI is InChI=1S/C20H28N6S/c1-14-16-5-3-4-6-17(16)24-18(23-14)13-22-15-8-11-26(12-9-15)19-7-10-21-20(25-19)27-2/h7,10,15,22H,3-6,8-9,11-13H2,1-2H3. The van der Waals surface area contributed by atoms with Crippen LogP contribution in [-0.4, -0.2) is 45.3 Å². The summed E-state index contributed by atoms with van der Waals surface area (Å²) < 4.78 is 0. The third-order valence-corrected chi connectivity index (χ3v) is 6.17. The van der Waals surface area contributed by atoms with Crippen LogP contribution in [0.2, 0.25) is 0 Å². The van der Waals surface area contributed by atoms with Crippen molar-refractivity contribution in [2.24, 2.45) is 0 Å². The fraction of sp³-hybridized carbons (Fsp3) is 0.600. The number of anilines is 1. The monoisotopic (exact) mass is 384 g/mol. The highest BCUT2D eigenvalue weighted by Gasteiger charge is 2.21. The van der Waals surface area contributed by atoms with Gasteiger partial charge in [-0.15, -0.1) is 0 Å². The minimum absolute atomic E-state index is 0.517. The fourth-order valence-electron chi connectivity index (χ4n) is 4.08. The van der Waals surface area contributed by atoms with Gasteiger partial charge in [0, 0.05) is 36.7 Å². The predicted octanol–water partition coefficient (Wildman–Crippen LogP) is 2.93. The van der Waals surface area contributed by atoms with E-state index < -0.39 is 0 Å². The van der Waals surface area contributed by atoms with Crippen molar-refractivity contribution >= 4 is 17.6 Å². The first-order chi connectivity index (χ1) is 13.2. The summed E-state index contributed by atoms with van der Waals surface area (Å²) in [5.41, 5.74) is 3.86. The number of piperidine rings is 1. The largest absolute Gasteiger partial charge is 0.356 e. The highest BCUT2D eigenvalue weighted by molar-refractivity contribution is 7.98. The summed E-state index contributed by atoms with van der Waals surface area (Å²) in [7, 11) is 0. The molecule has 2 aromatic heterocycles. The number of hydrogen-bond donors (Lipinski definition) is 1. The number of fused-ring (bicyclic) bond motifs is 1. The number of nitrogens with zero attached hydrogens (tertiary/aromatic N) is 5. The summed E-state index contributed by atoms with van der Waals surface area (Å²) in [5.74, 6) is 2.00. The maximum atomic E-state index is 4.84. The third-order valence-electron chi connectivity index (χ3n) is 5.61. The molecule has 144 valence electrons.